The first-order chi connectivity index (χ1) is 15.0. The van der Waals surface area contributed by atoms with Crippen LogP contribution in [-0.2, 0) is 24.3 Å². The summed E-state index contributed by atoms with van der Waals surface area (Å²) >= 11 is 6.31. The number of rotatable bonds is 6. The lowest BCUT2D eigenvalue weighted by Gasteiger charge is -2.28. The molecule has 162 valence electrons. The predicted molar refractivity (Wildman–Crippen MR) is 120 cm³/mol. The van der Waals surface area contributed by atoms with Gasteiger partial charge in [0.2, 0.25) is 5.91 Å². The lowest BCUT2D eigenvalue weighted by Crippen LogP contribution is -2.41. The van der Waals surface area contributed by atoms with Gasteiger partial charge in [0.1, 0.15) is 11.5 Å². The van der Waals surface area contributed by atoms with Crippen molar-refractivity contribution in [2.45, 2.75) is 19.5 Å². The van der Waals surface area contributed by atoms with Crippen molar-refractivity contribution < 1.29 is 14.3 Å². The Morgan fingerprint density at radius 1 is 1.16 bits per heavy atom. The van der Waals surface area contributed by atoms with Crippen LogP contribution in [0.15, 0.2) is 41.2 Å². The number of halogens is 1. The highest BCUT2D eigenvalue weighted by molar-refractivity contribution is 6.35. The molecule has 2 N–H and O–H groups in total. The number of pyridine rings is 1. The summed E-state index contributed by atoms with van der Waals surface area (Å²) in [5.41, 5.74) is 3.01. The zero-order valence-electron chi connectivity index (χ0n) is 17.5. The van der Waals surface area contributed by atoms with Crippen molar-refractivity contribution in [3.8, 4) is 11.5 Å². The molecule has 7 nitrogen and oxygen atoms in total. The number of hydrogen-bond donors (Lipinski definition) is 2. The number of amides is 1. The first-order valence-electron chi connectivity index (χ1n) is 10.0. The van der Waals surface area contributed by atoms with Gasteiger partial charge in [-0.05, 0) is 29.8 Å². The van der Waals surface area contributed by atoms with E-state index in [-0.39, 0.29) is 17.9 Å². The summed E-state index contributed by atoms with van der Waals surface area (Å²) in [6.45, 7) is 1.73. The summed E-state index contributed by atoms with van der Waals surface area (Å²) in [6, 6.07) is 11.0. The maximum Gasteiger partial charge on any atom is 0.234 e. The molecule has 2 aromatic carbocycles. The van der Waals surface area contributed by atoms with Crippen LogP contribution in [0.3, 0.4) is 0 Å². The van der Waals surface area contributed by atoms with Gasteiger partial charge in [-0.1, -0.05) is 23.7 Å². The molecule has 2 heterocycles. The highest BCUT2D eigenvalue weighted by Gasteiger charge is 2.24. The minimum absolute atomic E-state index is 0.0869. The van der Waals surface area contributed by atoms with Crippen LogP contribution < -0.4 is 20.2 Å². The molecule has 0 unspecified atom stereocenters. The van der Waals surface area contributed by atoms with Gasteiger partial charge in [-0.15, -0.1) is 0 Å². The smallest absolute Gasteiger partial charge is 0.234 e. The second-order valence-corrected chi connectivity index (χ2v) is 7.90. The van der Waals surface area contributed by atoms with Crippen LogP contribution in [0, 0.1) is 0 Å². The summed E-state index contributed by atoms with van der Waals surface area (Å²) in [7, 11) is 3.18. The maximum absolute atomic E-state index is 13.2. The van der Waals surface area contributed by atoms with Crippen LogP contribution in [0.4, 0.5) is 0 Å². The fourth-order valence-corrected chi connectivity index (χ4v) is 4.12. The number of hydrogen-bond acceptors (Lipinski definition) is 5. The molecule has 1 aromatic heterocycles. The molecular weight excluding hydrogens is 418 g/mol. The van der Waals surface area contributed by atoms with E-state index in [1.54, 1.807) is 26.4 Å². The van der Waals surface area contributed by atoms with Crippen molar-refractivity contribution in [3.63, 3.8) is 0 Å². The van der Waals surface area contributed by atoms with E-state index in [0.29, 0.717) is 53.3 Å². The Morgan fingerprint density at radius 2 is 1.94 bits per heavy atom. The van der Waals surface area contributed by atoms with E-state index in [0.717, 1.165) is 17.0 Å². The van der Waals surface area contributed by atoms with E-state index in [1.165, 1.54) is 0 Å². The SMILES string of the molecule is COc1ccc(CNC(=O)CN2CCc3[nH]c4c(OC)ccc(Cl)c4c(=O)c3C2)cc1. The third-order valence-electron chi connectivity index (χ3n) is 5.55. The molecule has 0 bridgehead atoms. The van der Waals surface area contributed by atoms with Gasteiger partial charge in [0.05, 0.1) is 36.7 Å². The molecule has 3 aromatic rings. The van der Waals surface area contributed by atoms with Crippen LogP contribution in [0.2, 0.25) is 5.02 Å². The number of H-pyrrole nitrogens is 1. The van der Waals surface area contributed by atoms with Gasteiger partial charge in [-0.2, -0.15) is 0 Å². The average Bonchev–Trinajstić information content (AvgIpc) is 2.78. The van der Waals surface area contributed by atoms with Crippen LogP contribution in [-0.4, -0.2) is 43.1 Å². The molecule has 0 radical (unpaired) electrons. The highest BCUT2D eigenvalue weighted by atomic mass is 35.5. The van der Waals surface area contributed by atoms with Gasteiger partial charge >= 0.3 is 0 Å². The van der Waals surface area contributed by atoms with Crippen molar-refractivity contribution >= 4 is 28.4 Å². The Balaban J connectivity index is 1.46. The quantitative estimate of drug-likeness (QED) is 0.614. The molecule has 0 fully saturated rings. The maximum atomic E-state index is 13.2. The zero-order valence-corrected chi connectivity index (χ0v) is 18.2. The van der Waals surface area contributed by atoms with E-state index < -0.39 is 0 Å². The molecular formula is C23H24ClN3O4. The molecule has 4 rings (SSSR count). The number of carbonyl (C=O) groups excluding carboxylic acids is 1. The molecule has 1 aliphatic heterocycles. The third-order valence-corrected chi connectivity index (χ3v) is 5.87. The van der Waals surface area contributed by atoms with Crippen LogP contribution >= 0.6 is 11.6 Å². The van der Waals surface area contributed by atoms with E-state index in [2.05, 4.69) is 10.3 Å². The number of fused-ring (bicyclic) bond motifs is 2. The van der Waals surface area contributed by atoms with E-state index in [4.69, 9.17) is 21.1 Å². The number of carbonyl (C=O) groups is 1. The molecule has 1 aliphatic rings. The average molecular weight is 442 g/mol. The number of aromatic amines is 1. The Kier molecular flexibility index (Phi) is 6.15. The second-order valence-electron chi connectivity index (χ2n) is 7.50. The van der Waals surface area contributed by atoms with E-state index in [1.807, 2.05) is 29.2 Å². The van der Waals surface area contributed by atoms with Crippen molar-refractivity contribution in [2.75, 3.05) is 27.3 Å². The summed E-state index contributed by atoms with van der Waals surface area (Å²) in [6.07, 6.45) is 0.641. The lowest BCUT2D eigenvalue weighted by molar-refractivity contribution is -0.122. The van der Waals surface area contributed by atoms with Crippen LogP contribution in [0.5, 0.6) is 11.5 Å². The monoisotopic (exact) mass is 441 g/mol. The first kappa shape index (κ1) is 21.2. The standard InChI is InChI=1S/C23H24ClN3O4/c1-30-15-5-3-14(4-6-15)11-25-20(28)13-27-10-9-18-16(12-27)23(29)21-17(24)7-8-19(31-2)22(21)26-18/h3-8H,9-13H2,1-2H3,(H,25,28)(H,26,29). The topological polar surface area (TPSA) is 83.7 Å². The van der Waals surface area contributed by atoms with Crippen LogP contribution in [0.1, 0.15) is 16.8 Å². The van der Waals surface area contributed by atoms with Crippen molar-refractivity contribution in [3.05, 3.63) is 68.5 Å². The van der Waals surface area contributed by atoms with Crippen molar-refractivity contribution in [2.24, 2.45) is 0 Å². The number of benzene rings is 2. The van der Waals surface area contributed by atoms with Gasteiger partial charge in [0.25, 0.3) is 0 Å². The van der Waals surface area contributed by atoms with Gasteiger partial charge in [-0.25, -0.2) is 0 Å². The van der Waals surface area contributed by atoms with Crippen molar-refractivity contribution in [1.82, 2.24) is 15.2 Å². The molecule has 0 saturated carbocycles. The fraction of sp³-hybridized carbons (Fsp3) is 0.304. The Hall–Kier alpha value is -3.03. The second kappa shape index (κ2) is 8.99. The molecule has 0 aliphatic carbocycles. The number of nitrogens with zero attached hydrogens (tertiary/aromatic N) is 1. The minimum Gasteiger partial charge on any atom is -0.497 e. The van der Waals surface area contributed by atoms with Gasteiger partial charge < -0.3 is 19.8 Å². The number of methoxy groups -OCH3 is 2. The molecule has 1 amide bonds. The normalized spacial score (nSPS) is 13.6. The first-order valence-corrected chi connectivity index (χ1v) is 10.4. The Labute approximate surface area is 184 Å². The number of aromatic nitrogens is 1. The fourth-order valence-electron chi connectivity index (χ4n) is 3.88. The molecule has 8 heteroatoms. The summed E-state index contributed by atoms with van der Waals surface area (Å²) in [5.74, 6) is 1.27. The number of nitrogens with one attached hydrogen (secondary N) is 2. The van der Waals surface area contributed by atoms with Crippen molar-refractivity contribution in [1.29, 1.82) is 0 Å². The van der Waals surface area contributed by atoms with E-state index >= 15 is 0 Å². The molecule has 0 spiro atoms. The van der Waals surface area contributed by atoms with Gasteiger partial charge in [0, 0.05) is 37.3 Å². The van der Waals surface area contributed by atoms with Gasteiger partial charge in [0.15, 0.2) is 5.43 Å². The molecule has 0 atom stereocenters. The minimum atomic E-state index is -0.115. The molecule has 31 heavy (non-hydrogen) atoms. The molecule has 0 saturated heterocycles. The third kappa shape index (κ3) is 4.38. The zero-order chi connectivity index (χ0) is 22.0. The van der Waals surface area contributed by atoms with E-state index in [9.17, 15) is 9.59 Å². The Morgan fingerprint density at radius 3 is 2.65 bits per heavy atom. The largest absolute Gasteiger partial charge is 0.497 e. The highest BCUT2D eigenvalue weighted by Crippen LogP contribution is 2.30. The number of ether oxygens (including phenoxy) is 2. The Bertz CT molecular complexity index is 1170. The predicted octanol–water partition coefficient (Wildman–Crippen LogP) is 2.87. The van der Waals surface area contributed by atoms with Gasteiger partial charge in [-0.3, -0.25) is 14.5 Å². The summed E-state index contributed by atoms with van der Waals surface area (Å²) in [4.78, 5) is 30.9. The summed E-state index contributed by atoms with van der Waals surface area (Å²) in [5, 5.41) is 3.74. The summed E-state index contributed by atoms with van der Waals surface area (Å²) < 4.78 is 10.5. The van der Waals surface area contributed by atoms with Crippen LogP contribution in [0.25, 0.3) is 10.9 Å². The lowest BCUT2D eigenvalue weighted by atomic mass is 10.0.